The zero-order chi connectivity index (χ0) is 20.0. The lowest BCUT2D eigenvalue weighted by molar-refractivity contribution is -0.135. The van der Waals surface area contributed by atoms with E-state index in [1.807, 2.05) is 4.90 Å². The molecule has 6 heteroatoms. The van der Waals surface area contributed by atoms with E-state index in [-0.39, 0.29) is 17.3 Å². The van der Waals surface area contributed by atoms with E-state index in [1.165, 1.54) is 12.1 Å². The van der Waals surface area contributed by atoms with Crippen molar-refractivity contribution in [2.24, 2.45) is 5.92 Å². The molecule has 0 unspecified atom stereocenters. The molecule has 1 amide bonds. The van der Waals surface area contributed by atoms with E-state index in [1.54, 1.807) is 29.1 Å². The smallest absolute Gasteiger partial charge is 0.253 e. The molecular formula is C23H26FN3O2. The Morgan fingerprint density at radius 1 is 1.10 bits per heavy atom. The first kappa shape index (κ1) is 18.5. The topological polar surface area (TPSA) is 55.2 Å². The number of nitrogens with zero attached hydrogens (tertiary/aromatic N) is 3. The first-order valence-electron chi connectivity index (χ1n) is 10.7. The molecule has 3 fully saturated rings. The molecule has 1 aliphatic heterocycles. The first-order chi connectivity index (χ1) is 14.0. The third-order valence-corrected chi connectivity index (χ3v) is 6.81. The van der Waals surface area contributed by atoms with Crippen LogP contribution in [0.3, 0.4) is 0 Å². The Kier molecular flexibility index (Phi) is 4.52. The largest absolute Gasteiger partial charge is 0.342 e. The Bertz CT molecular complexity index is 968. The van der Waals surface area contributed by atoms with Crippen LogP contribution in [0.15, 0.2) is 41.5 Å². The molecule has 2 aliphatic carbocycles. The second kappa shape index (κ2) is 7.08. The molecule has 3 aliphatic rings. The average molecular weight is 395 g/mol. The highest BCUT2D eigenvalue weighted by Gasteiger charge is 2.53. The van der Waals surface area contributed by atoms with Crippen LogP contribution in [0.1, 0.15) is 55.7 Å². The minimum atomic E-state index is -0.444. The maximum atomic E-state index is 13.2. The van der Waals surface area contributed by atoms with Gasteiger partial charge in [-0.05, 0) is 62.1 Å². The molecule has 0 spiro atoms. The molecule has 29 heavy (non-hydrogen) atoms. The number of rotatable bonds is 5. The summed E-state index contributed by atoms with van der Waals surface area (Å²) in [5, 5.41) is 0. The number of aromatic nitrogens is 2. The van der Waals surface area contributed by atoms with Crippen LogP contribution >= 0.6 is 0 Å². The van der Waals surface area contributed by atoms with Crippen LogP contribution < -0.4 is 5.56 Å². The summed E-state index contributed by atoms with van der Waals surface area (Å²) in [5.74, 6) is 0.775. The summed E-state index contributed by atoms with van der Waals surface area (Å²) in [4.78, 5) is 32.0. The number of hydrogen-bond acceptors (Lipinski definition) is 3. The number of piperidine rings is 1. The summed E-state index contributed by atoms with van der Waals surface area (Å²) in [7, 11) is 0. The van der Waals surface area contributed by atoms with Gasteiger partial charge < -0.3 is 4.90 Å². The molecule has 152 valence electrons. The summed E-state index contributed by atoms with van der Waals surface area (Å²) in [6, 6.07) is 8.07. The van der Waals surface area contributed by atoms with Gasteiger partial charge in [-0.2, -0.15) is 0 Å². The molecule has 0 radical (unpaired) electrons. The second-order valence-corrected chi connectivity index (χ2v) is 8.90. The molecule has 2 heterocycles. The Labute approximate surface area is 169 Å². The number of likely N-dealkylation sites (tertiary alicyclic amines) is 1. The maximum absolute atomic E-state index is 13.2. The van der Waals surface area contributed by atoms with Gasteiger partial charge in [0.15, 0.2) is 0 Å². The minimum absolute atomic E-state index is 0.0358. The number of carbonyl (C=O) groups excluding carboxylic acids is 1. The van der Waals surface area contributed by atoms with Crippen LogP contribution in [0.4, 0.5) is 4.39 Å². The van der Waals surface area contributed by atoms with Crippen molar-refractivity contribution >= 4 is 5.91 Å². The summed E-state index contributed by atoms with van der Waals surface area (Å²) >= 11 is 0. The predicted octanol–water partition coefficient (Wildman–Crippen LogP) is 3.23. The number of amides is 1. The van der Waals surface area contributed by atoms with Gasteiger partial charge in [0.2, 0.25) is 5.91 Å². The summed E-state index contributed by atoms with van der Waals surface area (Å²) in [5.41, 5.74) is 1.45. The highest BCUT2D eigenvalue weighted by atomic mass is 19.1. The van der Waals surface area contributed by atoms with Gasteiger partial charge in [0, 0.05) is 31.6 Å². The van der Waals surface area contributed by atoms with Gasteiger partial charge in [-0.15, -0.1) is 0 Å². The highest BCUT2D eigenvalue weighted by Crippen LogP contribution is 2.50. The van der Waals surface area contributed by atoms with Crippen LogP contribution in [-0.2, 0) is 16.8 Å². The molecule has 5 nitrogen and oxygen atoms in total. The van der Waals surface area contributed by atoms with Gasteiger partial charge in [0.1, 0.15) is 5.82 Å². The third kappa shape index (κ3) is 3.61. The van der Waals surface area contributed by atoms with Crippen LogP contribution in [0.25, 0.3) is 0 Å². The van der Waals surface area contributed by atoms with Crippen molar-refractivity contribution in [1.29, 1.82) is 0 Å². The van der Waals surface area contributed by atoms with Crippen molar-refractivity contribution in [2.45, 2.75) is 56.4 Å². The quantitative estimate of drug-likeness (QED) is 0.781. The Morgan fingerprint density at radius 2 is 1.79 bits per heavy atom. The Morgan fingerprint density at radius 3 is 2.38 bits per heavy atom. The van der Waals surface area contributed by atoms with Gasteiger partial charge in [-0.25, -0.2) is 9.37 Å². The van der Waals surface area contributed by atoms with Crippen LogP contribution in [0.2, 0.25) is 0 Å². The molecule has 2 aromatic rings. The molecule has 0 N–H and O–H groups in total. The van der Waals surface area contributed by atoms with Gasteiger partial charge >= 0.3 is 0 Å². The lowest BCUT2D eigenvalue weighted by atomic mass is 9.91. The van der Waals surface area contributed by atoms with Gasteiger partial charge in [-0.3, -0.25) is 14.2 Å². The van der Waals surface area contributed by atoms with E-state index in [9.17, 15) is 14.0 Å². The lowest BCUT2D eigenvalue weighted by Gasteiger charge is -2.34. The van der Waals surface area contributed by atoms with Crippen molar-refractivity contribution in [2.75, 3.05) is 13.1 Å². The molecule has 0 atom stereocenters. The minimum Gasteiger partial charge on any atom is -0.342 e. The molecule has 0 bridgehead atoms. The standard InChI is InChI=1S/C23H26FN3O2/c24-19-5-3-18(4-6-19)23(9-10-23)22(29)26-11-7-16(8-12-26)14-27-15-25-20(13-21(27)28)17-1-2-17/h3-6,13,15-17H,1-2,7-12,14H2. The number of carbonyl (C=O) groups is 1. The van der Waals surface area contributed by atoms with E-state index in [4.69, 9.17) is 0 Å². The fourth-order valence-electron chi connectivity index (χ4n) is 4.60. The van der Waals surface area contributed by atoms with Crippen molar-refractivity contribution < 1.29 is 9.18 Å². The monoisotopic (exact) mass is 395 g/mol. The van der Waals surface area contributed by atoms with Gasteiger partial charge in [0.25, 0.3) is 5.56 Å². The van der Waals surface area contributed by atoms with Crippen LogP contribution in [0, 0.1) is 11.7 Å². The Balaban J connectivity index is 1.20. The number of halogens is 1. The molecular weight excluding hydrogens is 369 g/mol. The summed E-state index contributed by atoms with van der Waals surface area (Å²) in [6.07, 6.45) is 7.44. The average Bonchev–Trinajstić information content (AvgIpc) is 3.63. The van der Waals surface area contributed by atoms with E-state index >= 15 is 0 Å². The van der Waals surface area contributed by atoms with E-state index in [0.29, 0.717) is 18.4 Å². The fourth-order valence-corrected chi connectivity index (χ4v) is 4.60. The molecule has 5 rings (SSSR count). The SMILES string of the molecule is O=C(N1CCC(Cn2cnc(C3CC3)cc2=O)CC1)C1(c2ccc(F)cc2)CC1. The van der Waals surface area contributed by atoms with E-state index < -0.39 is 5.41 Å². The third-order valence-electron chi connectivity index (χ3n) is 6.81. The van der Waals surface area contributed by atoms with Crippen LogP contribution in [0.5, 0.6) is 0 Å². The first-order valence-corrected chi connectivity index (χ1v) is 10.7. The molecule has 2 saturated carbocycles. The van der Waals surface area contributed by atoms with E-state index in [0.717, 1.165) is 62.9 Å². The number of hydrogen-bond donors (Lipinski definition) is 0. The van der Waals surface area contributed by atoms with Crippen LogP contribution in [-0.4, -0.2) is 33.4 Å². The van der Waals surface area contributed by atoms with Crippen molar-refractivity contribution in [3.8, 4) is 0 Å². The van der Waals surface area contributed by atoms with Crippen molar-refractivity contribution in [3.05, 3.63) is 64.1 Å². The van der Waals surface area contributed by atoms with Crippen molar-refractivity contribution in [3.63, 3.8) is 0 Å². The maximum Gasteiger partial charge on any atom is 0.253 e. The fraction of sp³-hybridized carbons (Fsp3) is 0.522. The predicted molar refractivity (Wildman–Crippen MR) is 107 cm³/mol. The molecule has 1 aromatic carbocycles. The zero-order valence-electron chi connectivity index (χ0n) is 16.5. The van der Waals surface area contributed by atoms with E-state index in [2.05, 4.69) is 4.98 Å². The van der Waals surface area contributed by atoms with Gasteiger partial charge in [0.05, 0.1) is 17.4 Å². The zero-order valence-corrected chi connectivity index (χ0v) is 16.5. The molecule has 1 aromatic heterocycles. The second-order valence-electron chi connectivity index (χ2n) is 8.90. The summed E-state index contributed by atoms with van der Waals surface area (Å²) in [6.45, 7) is 2.10. The normalized spacial score (nSPS) is 21.2. The summed E-state index contributed by atoms with van der Waals surface area (Å²) < 4.78 is 15.0. The molecule has 1 saturated heterocycles. The lowest BCUT2D eigenvalue weighted by Crippen LogP contribution is -2.44. The number of benzene rings is 1. The highest BCUT2D eigenvalue weighted by molar-refractivity contribution is 5.91. The van der Waals surface area contributed by atoms with Gasteiger partial charge in [-0.1, -0.05) is 12.1 Å². The Hall–Kier alpha value is -2.50. The van der Waals surface area contributed by atoms with Crippen molar-refractivity contribution in [1.82, 2.24) is 14.5 Å².